The first kappa shape index (κ1) is 24.3. The molecule has 2 N–H and O–H groups in total. The average molecular weight is 474 g/mol. The molecular weight excluding hydrogens is 442 g/mol. The van der Waals surface area contributed by atoms with Crippen LogP contribution in [0.2, 0.25) is 0 Å². The number of anilines is 3. The summed E-state index contributed by atoms with van der Waals surface area (Å²) in [4.78, 5) is 27.2. The van der Waals surface area contributed by atoms with E-state index in [-0.39, 0.29) is 24.5 Å². The van der Waals surface area contributed by atoms with Crippen molar-refractivity contribution in [2.24, 2.45) is 0 Å². The van der Waals surface area contributed by atoms with Crippen molar-refractivity contribution in [3.8, 4) is 5.75 Å². The van der Waals surface area contributed by atoms with Gasteiger partial charge in [-0.3, -0.25) is 9.59 Å². The maximum atomic E-state index is 12.9. The Morgan fingerprint density at radius 3 is 2.46 bits per heavy atom. The second kappa shape index (κ2) is 12.0. The smallest absolute Gasteiger partial charge is 0.258 e. The molecule has 182 valence electrons. The first-order chi connectivity index (χ1) is 17.1. The first-order valence-corrected chi connectivity index (χ1v) is 12.0. The molecule has 0 aliphatic carbocycles. The Labute approximate surface area is 206 Å². The number of benzene rings is 3. The van der Waals surface area contributed by atoms with E-state index in [0.717, 1.165) is 30.8 Å². The first-order valence-electron chi connectivity index (χ1n) is 12.0. The van der Waals surface area contributed by atoms with Gasteiger partial charge in [0.05, 0.1) is 18.3 Å². The van der Waals surface area contributed by atoms with Gasteiger partial charge in [-0.15, -0.1) is 0 Å². The lowest BCUT2D eigenvalue weighted by atomic mass is 10.1. The summed E-state index contributed by atoms with van der Waals surface area (Å²) in [6.45, 7) is 3.87. The summed E-state index contributed by atoms with van der Waals surface area (Å²) in [5.74, 6) is 0.410. The van der Waals surface area contributed by atoms with Crippen LogP contribution >= 0.6 is 0 Å². The molecule has 3 aromatic rings. The van der Waals surface area contributed by atoms with Crippen molar-refractivity contribution >= 4 is 28.9 Å². The number of nitrogens with one attached hydrogen (secondary N) is 2. The van der Waals surface area contributed by atoms with Crippen LogP contribution in [0.25, 0.3) is 0 Å². The zero-order chi connectivity index (χ0) is 24.5. The van der Waals surface area contributed by atoms with Gasteiger partial charge in [-0.05, 0) is 68.3 Å². The molecule has 7 nitrogen and oxygen atoms in total. The maximum absolute atomic E-state index is 12.9. The number of hydrogen-bond donors (Lipinski definition) is 2. The molecule has 0 bridgehead atoms. The van der Waals surface area contributed by atoms with E-state index in [1.54, 1.807) is 29.2 Å². The summed E-state index contributed by atoms with van der Waals surface area (Å²) >= 11 is 0. The molecule has 2 amide bonds. The molecule has 1 fully saturated rings. The number of rotatable bonds is 10. The van der Waals surface area contributed by atoms with Gasteiger partial charge < -0.3 is 25.0 Å². The molecule has 1 saturated heterocycles. The van der Waals surface area contributed by atoms with Gasteiger partial charge in [-0.25, -0.2) is 0 Å². The minimum absolute atomic E-state index is 0.0819. The molecule has 0 radical (unpaired) electrons. The molecule has 1 aliphatic rings. The van der Waals surface area contributed by atoms with Crippen molar-refractivity contribution in [3.05, 3.63) is 84.4 Å². The van der Waals surface area contributed by atoms with Gasteiger partial charge in [-0.1, -0.05) is 30.3 Å². The van der Waals surface area contributed by atoms with Crippen molar-refractivity contribution in [2.75, 3.05) is 41.8 Å². The monoisotopic (exact) mass is 473 g/mol. The second-order valence-electron chi connectivity index (χ2n) is 8.31. The van der Waals surface area contributed by atoms with Crippen molar-refractivity contribution in [1.29, 1.82) is 0 Å². The summed E-state index contributed by atoms with van der Waals surface area (Å²) < 4.78 is 11.5. The molecule has 7 heteroatoms. The number of carbonyl (C=O) groups excluding carboxylic acids is 2. The predicted molar refractivity (Wildman–Crippen MR) is 138 cm³/mol. The standard InChI is InChI=1S/C28H31N3O4/c1-2-31(23-9-4-3-5-10-23)28(33)21-14-16-22(17-15-21)30-27(32)19-29-25-12-6-7-13-26(25)35-20-24-11-8-18-34-24/h3-7,9-10,12-17,24,29H,2,8,11,18-20H2,1H3,(H,30,32). The Hall–Kier alpha value is -3.84. The van der Waals surface area contributed by atoms with Crippen molar-refractivity contribution in [1.82, 2.24) is 0 Å². The van der Waals surface area contributed by atoms with Gasteiger partial charge in [0.15, 0.2) is 0 Å². The lowest BCUT2D eigenvalue weighted by molar-refractivity contribution is -0.114. The fourth-order valence-corrected chi connectivity index (χ4v) is 3.98. The Morgan fingerprint density at radius 2 is 1.74 bits per heavy atom. The summed E-state index contributed by atoms with van der Waals surface area (Å²) in [5.41, 5.74) is 2.79. The largest absolute Gasteiger partial charge is 0.489 e. The van der Waals surface area contributed by atoms with Crippen LogP contribution in [0.1, 0.15) is 30.1 Å². The van der Waals surface area contributed by atoms with Crippen LogP contribution in [0.4, 0.5) is 17.1 Å². The van der Waals surface area contributed by atoms with E-state index in [2.05, 4.69) is 10.6 Å². The highest BCUT2D eigenvalue weighted by Crippen LogP contribution is 2.25. The molecule has 0 saturated carbocycles. The zero-order valence-corrected chi connectivity index (χ0v) is 19.9. The highest BCUT2D eigenvalue weighted by molar-refractivity contribution is 6.06. The number of nitrogens with zero attached hydrogens (tertiary/aromatic N) is 1. The molecular formula is C28H31N3O4. The van der Waals surface area contributed by atoms with Gasteiger partial charge in [0.2, 0.25) is 5.91 Å². The molecule has 35 heavy (non-hydrogen) atoms. The molecule has 0 aromatic heterocycles. The summed E-state index contributed by atoms with van der Waals surface area (Å²) in [5, 5.41) is 6.00. The molecule has 1 aliphatic heterocycles. The third kappa shape index (κ3) is 6.61. The lowest BCUT2D eigenvalue weighted by Crippen LogP contribution is -2.30. The second-order valence-corrected chi connectivity index (χ2v) is 8.31. The van der Waals surface area contributed by atoms with Crippen molar-refractivity contribution in [3.63, 3.8) is 0 Å². The minimum Gasteiger partial charge on any atom is -0.489 e. The van der Waals surface area contributed by atoms with E-state index in [4.69, 9.17) is 9.47 Å². The highest BCUT2D eigenvalue weighted by atomic mass is 16.5. The van der Waals surface area contributed by atoms with Crippen molar-refractivity contribution < 1.29 is 19.1 Å². The Morgan fingerprint density at radius 1 is 1.00 bits per heavy atom. The van der Waals surface area contributed by atoms with Gasteiger partial charge in [0.25, 0.3) is 5.91 Å². The van der Waals surface area contributed by atoms with Crippen LogP contribution in [0, 0.1) is 0 Å². The normalized spacial score (nSPS) is 14.8. The SMILES string of the molecule is CCN(C(=O)c1ccc(NC(=O)CNc2ccccc2OCC2CCCO2)cc1)c1ccccc1. The Kier molecular flexibility index (Phi) is 8.35. The highest BCUT2D eigenvalue weighted by Gasteiger charge is 2.17. The summed E-state index contributed by atoms with van der Waals surface area (Å²) in [7, 11) is 0. The van der Waals surface area contributed by atoms with Crippen LogP contribution in [0.5, 0.6) is 5.75 Å². The molecule has 1 heterocycles. The van der Waals surface area contributed by atoms with Crippen LogP contribution in [-0.2, 0) is 9.53 Å². The van der Waals surface area contributed by atoms with E-state index >= 15 is 0 Å². The fraction of sp³-hybridized carbons (Fsp3) is 0.286. The molecule has 3 aromatic carbocycles. The number of ether oxygens (including phenoxy) is 2. The quantitative estimate of drug-likeness (QED) is 0.435. The molecule has 0 spiro atoms. The number of carbonyl (C=O) groups is 2. The maximum Gasteiger partial charge on any atom is 0.258 e. The van der Waals surface area contributed by atoms with Gasteiger partial charge in [0, 0.05) is 30.1 Å². The summed E-state index contributed by atoms with van der Waals surface area (Å²) in [6, 6.07) is 24.0. The van der Waals surface area contributed by atoms with Crippen LogP contribution < -0.4 is 20.3 Å². The Bertz CT molecular complexity index is 1110. The van der Waals surface area contributed by atoms with Gasteiger partial charge in [0.1, 0.15) is 12.4 Å². The fourth-order valence-electron chi connectivity index (χ4n) is 3.98. The molecule has 1 unspecified atom stereocenters. The Balaban J connectivity index is 1.30. The van der Waals surface area contributed by atoms with E-state index in [0.29, 0.717) is 30.2 Å². The van der Waals surface area contributed by atoms with E-state index in [9.17, 15) is 9.59 Å². The van der Waals surface area contributed by atoms with Gasteiger partial charge in [-0.2, -0.15) is 0 Å². The minimum atomic E-state index is -0.197. The molecule has 1 atom stereocenters. The molecule has 4 rings (SSSR count). The summed E-state index contributed by atoms with van der Waals surface area (Å²) in [6.07, 6.45) is 2.19. The zero-order valence-electron chi connectivity index (χ0n) is 19.9. The van der Waals surface area contributed by atoms with E-state index in [1.165, 1.54) is 0 Å². The number of para-hydroxylation sites is 3. The topological polar surface area (TPSA) is 79.9 Å². The third-order valence-corrected chi connectivity index (χ3v) is 5.82. The lowest BCUT2D eigenvalue weighted by Gasteiger charge is -2.21. The van der Waals surface area contributed by atoms with Crippen LogP contribution in [-0.4, -0.2) is 44.2 Å². The third-order valence-electron chi connectivity index (χ3n) is 5.82. The van der Waals surface area contributed by atoms with E-state index in [1.807, 2.05) is 61.5 Å². The number of amides is 2. The number of hydrogen-bond acceptors (Lipinski definition) is 5. The predicted octanol–water partition coefficient (Wildman–Crippen LogP) is 4.96. The van der Waals surface area contributed by atoms with Gasteiger partial charge >= 0.3 is 0 Å². The van der Waals surface area contributed by atoms with Crippen LogP contribution in [0.3, 0.4) is 0 Å². The van der Waals surface area contributed by atoms with Crippen molar-refractivity contribution in [2.45, 2.75) is 25.9 Å². The average Bonchev–Trinajstić information content (AvgIpc) is 3.42. The van der Waals surface area contributed by atoms with E-state index < -0.39 is 0 Å². The van der Waals surface area contributed by atoms with Crippen LogP contribution in [0.15, 0.2) is 78.9 Å².